The highest BCUT2D eigenvalue weighted by Gasteiger charge is 2.22. The smallest absolute Gasteiger partial charge is 0.277 e. The van der Waals surface area contributed by atoms with E-state index in [2.05, 4.69) is 33.3 Å². The lowest BCUT2D eigenvalue weighted by Gasteiger charge is -2.34. The van der Waals surface area contributed by atoms with Gasteiger partial charge in [0.05, 0.1) is 12.4 Å². The monoisotopic (exact) mass is 454 g/mol. The van der Waals surface area contributed by atoms with Crippen LogP contribution in [-0.2, 0) is 17.8 Å². The van der Waals surface area contributed by atoms with E-state index >= 15 is 0 Å². The number of nitrogens with zero attached hydrogens (tertiary/aromatic N) is 4. The molecule has 2 aromatic carbocycles. The maximum Gasteiger partial charge on any atom is 0.277 e. The van der Waals surface area contributed by atoms with E-state index in [4.69, 9.17) is 9.15 Å². The van der Waals surface area contributed by atoms with E-state index in [0.29, 0.717) is 29.8 Å². The van der Waals surface area contributed by atoms with Crippen LogP contribution < -0.4 is 4.74 Å². The summed E-state index contributed by atoms with van der Waals surface area (Å²) < 4.78 is 24.2. The predicted molar refractivity (Wildman–Crippen MR) is 118 cm³/mol. The lowest BCUT2D eigenvalue weighted by Crippen LogP contribution is -2.48. The number of carbonyl (C=O) groups excluding carboxylic acids is 1. The Morgan fingerprint density at radius 3 is 2.69 bits per heavy atom. The Morgan fingerprint density at radius 2 is 1.88 bits per heavy atom. The number of halogens is 1. The maximum atomic E-state index is 13.1. The number of aromatic nitrogens is 2. The van der Waals surface area contributed by atoms with Crippen molar-refractivity contribution >= 4 is 17.7 Å². The molecule has 0 atom stereocenters. The number of piperazine rings is 1. The summed E-state index contributed by atoms with van der Waals surface area (Å²) in [6.45, 7) is 4.77. The van der Waals surface area contributed by atoms with E-state index < -0.39 is 0 Å². The largest absolute Gasteiger partial charge is 0.493 e. The van der Waals surface area contributed by atoms with Crippen LogP contribution in [0.4, 0.5) is 4.39 Å². The predicted octanol–water partition coefficient (Wildman–Crippen LogP) is 3.25. The van der Waals surface area contributed by atoms with Gasteiger partial charge in [0.1, 0.15) is 11.6 Å². The van der Waals surface area contributed by atoms with Gasteiger partial charge < -0.3 is 14.1 Å². The van der Waals surface area contributed by atoms with E-state index in [9.17, 15) is 9.18 Å². The zero-order chi connectivity index (χ0) is 21.9. The fourth-order valence-corrected chi connectivity index (χ4v) is 4.61. The molecule has 1 amide bonds. The van der Waals surface area contributed by atoms with Crippen LogP contribution in [-0.4, -0.2) is 64.4 Å². The molecule has 0 aliphatic carbocycles. The van der Waals surface area contributed by atoms with Gasteiger partial charge in [-0.05, 0) is 41.5 Å². The molecule has 0 radical (unpaired) electrons. The summed E-state index contributed by atoms with van der Waals surface area (Å²) in [5, 5.41) is 8.29. The number of thioether (sulfide) groups is 1. The molecule has 1 fully saturated rings. The van der Waals surface area contributed by atoms with Gasteiger partial charge in [-0.25, -0.2) is 4.39 Å². The maximum absolute atomic E-state index is 13.1. The molecule has 0 N–H and O–H groups in total. The first kappa shape index (κ1) is 21.0. The van der Waals surface area contributed by atoms with Gasteiger partial charge in [0.15, 0.2) is 0 Å². The lowest BCUT2D eigenvalue weighted by molar-refractivity contribution is -0.130. The third-order valence-electron chi connectivity index (χ3n) is 5.70. The summed E-state index contributed by atoms with van der Waals surface area (Å²) in [6, 6.07) is 12.3. The Labute approximate surface area is 189 Å². The van der Waals surface area contributed by atoms with Gasteiger partial charge in [-0.1, -0.05) is 23.9 Å². The van der Waals surface area contributed by atoms with Crippen molar-refractivity contribution in [2.75, 3.05) is 38.5 Å². The molecule has 32 heavy (non-hydrogen) atoms. The molecule has 1 aromatic heterocycles. The number of hydrogen-bond acceptors (Lipinski definition) is 7. The van der Waals surface area contributed by atoms with Crippen molar-refractivity contribution in [3.63, 3.8) is 0 Å². The minimum absolute atomic E-state index is 0.0610. The van der Waals surface area contributed by atoms with Gasteiger partial charge in [-0.2, -0.15) is 0 Å². The summed E-state index contributed by atoms with van der Waals surface area (Å²) in [6.07, 6.45) is 0.981. The van der Waals surface area contributed by atoms with Crippen LogP contribution in [0.3, 0.4) is 0 Å². The highest BCUT2D eigenvalue weighted by Crippen LogP contribution is 2.27. The average molecular weight is 455 g/mol. The van der Waals surface area contributed by atoms with Gasteiger partial charge in [0.2, 0.25) is 11.8 Å². The standard InChI is InChI=1S/C23H23FN4O3S/c24-19-4-2-17(3-5-19)22-25-26-23(31-22)32-15-21(29)28-10-8-27(9-11-28)14-16-1-6-20-18(13-16)7-12-30-20/h1-6,13H,7-12,14-15H2. The van der Waals surface area contributed by atoms with Crippen LogP contribution >= 0.6 is 11.8 Å². The topological polar surface area (TPSA) is 71.7 Å². The molecule has 3 heterocycles. The summed E-state index contributed by atoms with van der Waals surface area (Å²) in [5.41, 5.74) is 3.22. The van der Waals surface area contributed by atoms with Crippen molar-refractivity contribution in [1.29, 1.82) is 0 Å². The minimum Gasteiger partial charge on any atom is -0.493 e. The second-order valence-electron chi connectivity index (χ2n) is 7.87. The Kier molecular flexibility index (Phi) is 6.09. The summed E-state index contributed by atoms with van der Waals surface area (Å²) in [7, 11) is 0. The van der Waals surface area contributed by atoms with Gasteiger partial charge in [-0.3, -0.25) is 9.69 Å². The molecule has 9 heteroatoms. The van der Waals surface area contributed by atoms with Crippen molar-refractivity contribution in [1.82, 2.24) is 20.0 Å². The zero-order valence-electron chi connectivity index (χ0n) is 17.5. The van der Waals surface area contributed by atoms with E-state index in [1.54, 1.807) is 12.1 Å². The van der Waals surface area contributed by atoms with Crippen molar-refractivity contribution in [3.8, 4) is 17.2 Å². The zero-order valence-corrected chi connectivity index (χ0v) is 18.3. The van der Waals surface area contributed by atoms with E-state index in [1.807, 2.05) is 4.90 Å². The second-order valence-corrected chi connectivity index (χ2v) is 8.79. The Bertz CT molecular complexity index is 1100. The van der Waals surface area contributed by atoms with Crippen molar-refractivity contribution in [2.24, 2.45) is 0 Å². The number of rotatable bonds is 6. The van der Waals surface area contributed by atoms with E-state index in [1.165, 1.54) is 35.0 Å². The molecular weight excluding hydrogens is 431 g/mol. The normalized spacial score (nSPS) is 16.1. The van der Waals surface area contributed by atoms with Crippen molar-refractivity contribution in [3.05, 3.63) is 59.4 Å². The minimum atomic E-state index is -0.324. The number of carbonyl (C=O) groups is 1. The molecular formula is C23H23FN4O3S. The van der Waals surface area contributed by atoms with Crippen LogP contribution in [0.1, 0.15) is 11.1 Å². The third kappa shape index (κ3) is 4.78. The quantitative estimate of drug-likeness (QED) is 0.530. The van der Waals surface area contributed by atoms with Gasteiger partial charge in [0.25, 0.3) is 5.22 Å². The van der Waals surface area contributed by atoms with Gasteiger partial charge >= 0.3 is 0 Å². The molecule has 0 unspecified atom stereocenters. The van der Waals surface area contributed by atoms with Crippen molar-refractivity contribution < 1.29 is 18.3 Å². The number of amides is 1. The molecule has 166 valence electrons. The summed E-state index contributed by atoms with van der Waals surface area (Å²) in [5.74, 6) is 1.30. The molecule has 0 saturated carbocycles. The first-order valence-electron chi connectivity index (χ1n) is 10.6. The lowest BCUT2D eigenvalue weighted by atomic mass is 10.1. The highest BCUT2D eigenvalue weighted by atomic mass is 32.2. The molecule has 3 aromatic rings. The van der Waals surface area contributed by atoms with Crippen molar-refractivity contribution in [2.45, 2.75) is 18.2 Å². The number of fused-ring (bicyclic) bond motifs is 1. The number of ether oxygens (including phenoxy) is 1. The number of benzene rings is 2. The van der Waals surface area contributed by atoms with E-state index in [-0.39, 0.29) is 17.5 Å². The van der Waals surface area contributed by atoms with Crippen LogP contribution in [0, 0.1) is 5.82 Å². The average Bonchev–Trinajstić information content (AvgIpc) is 3.48. The fraction of sp³-hybridized carbons (Fsp3) is 0.348. The molecule has 1 saturated heterocycles. The summed E-state index contributed by atoms with van der Waals surface area (Å²) >= 11 is 1.22. The Hall–Kier alpha value is -2.91. The van der Waals surface area contributed by atoms with Gasteiger partial charge in [-0.15, -0.1) is 10.2 Å². The molecule has 0 spiro atoms. The SMILES string of the molecule is O=C(CSc1nnc(-c2ccc(F)cc2)o1)N1CCN(Cc2ccc3c(c2)CCO3)CC1. The molecule has 7 nitrogen and oxygen atoms in total. The van der Waals surface area contributed by atoms with Gasteiger partial charge in [0, 0.05) is 44.7 Å². The molecule has 5 rings (SSSR count). The molecule has 2 aliphatic heterocycles. The van der Waals surface area contributed by atoms with Crippen LogP contribution in [0.2, 0.25) is 0 Å². The summed E-state index contributed by atoms with van der Waals surface area (Å²) in [4.78, 5) is 16.9. The molecule has 0 bridgehead atoms. The third-order valence-corrected chi connectivity index (χ3v) is 6.51. The highest BCUT2D eigenvalue weighted by molar-refractivity contribution is 7.99. The van der Waals surface area contributed by atoms with Crippen LogP contribution in [0.5, 0.6) is 5.75 Å². The van der Waals surface area contributed by atoms with E-state index in [0.717, 1.165) is 38.4 Å². The molecule has 2 aliphatic rings. The first-order valence-corrected chi connectivity index (χ1v) is 11.6. The fourth-order valence-electron chi connectivity index (χ4n) is 3.94. The Morgan fingerprint density at radius 1 is 1.06 bits per heavy atom. The first-order chi connectivity index (χ1) is 15.6. The van der Waals surface area contributed by atoms with Crippen LogP contribution in [0.15, 0.2) is 52.1 Å². The number of hydrogen-bond donors (Lipinski definition) is 0. The van der Waals surface area contributed by atoms with Crippen LogP contribution in [0.25, 0.3) is 11.5 Å². The Balaban J connectivity index is 1.08. The second kappa shape index (κ2) is 9.30.